The van der Waals surface area contributed by atoms with Gasteiger partial charge >= 0.3 is 66.1 Å². The summed E-state index contributed by atoms with van der Waals surface area (Å²) < 4.78 is 1.36. The summed E-state index contributed by atoms with van der Waals surface area (Å²) in [4.78, 5) is 0. The number of rotatable bonds is 1. The molecule has 0 saturated carbocycles. The maximum absolute atomic E-state index is 5.73. The number of hydrogen-bond donors (Lipinski definition) is 0. The molecule has 0 atom stereocenters. The molecular weight excluding hydrogens is 198 g/mol. The Morgan fingerprint density at radius 3 is 2.67 bits per heavy atom. The van der Waals surface area contributed by atoms with Gasteiger partial charge in [0.25, 0.3) is 0 Å². The van der Waals surface area contributed by atoms with Crippen molar-refractivity contribution in [1.82, 2.24) is 0 Å². The Hall–Kier alpha value is 0.0295. The minimum atomic E-state index is 0.574. The van der Waals surface area contributed by atoms with Gasteiger partial charge in [-0.25, -0.2) is 0 Å². The molecule has 1 aromatic carbocycles. The topological polar surface area (TPSA) is 0 Å². The monoisotopic (exact) mass is 206 g/mol. The van der Waals surface area contributed by atoms with Gasteiger partial charge in [0.05, 0.1) is 0 Å². The third kappa shape index (κ3) is 2.02. The molecule has 0 amide bonds. The number of halogens is 1. The van der Waals surface area contributed by atoms with E-state index >= 15 is 0 Å². The van der Waals surface area contributed by atoms with Crippen LogP contribution < -0.4 is 4.46 Å². The molecule has 0 aliphatic rings. The van der Waals surface area contributed by atoms with E-state index in [9.17, 15) is 0 Å². The average molecular weight is 206 g/mol. The summed E-state index contributed by atoms with van der Waals surface area (Å²) in [6, 6.07) is 8.01. The molecule has 0 spiro atoms. The van der Waals surface area contributed by atoms with Gasteiger partial charge in [0, 0.05) is 0 Å². The minimum absolute atomic E-state index is 0.574. The first-order valence-corrected chi connectivity index (χ1v) is 5.57. The van der Waals surface area contributed by atoms with Crippen molar-refractivity contribution in [3.05, 3.63) is 29.3 Å². The molecule has 0 fully saturated rings. The summed E-state index contributed by atoms with van der Waals surface area (Å²) in [6.07, 6.45) is 0. The van der Waals surface area contributed by atoms with E-state index in [1.165, 1.54) is 4.46 Å². The SMILES string of the molecule is C[Se]c1cccc(Cl)c1. The molecule has 48 valence electrons. The van der Waals surface area contributed by atoms with E-state index in [-0.39, 0.29) is 0 Å². The second-order valence-electron chi connectivity index (χ2n) is 1.66. The van der Waals surface area contributed by atoms with Crippen LogP contribution in [0.4, 0.5) is 0 Å². The Labute approximate surface area is 66.4 Å². The van der Waals surface area contributed by atoms with Crippen LogP contribution in [0, 0.1) is 0 Å². The average Bonchev–Trinajstić information content (AvgIpc) is 1.88. The predicted molar refractivity (Wildman–Crippen MR) is 42.7 cm³/mol. The Morgan fingerprint density at radius 2 is 2.22 bits per heavy atom. The molecule has 0 bridgehead atoms. The van der Waals surface area contributed by atoms with Crippen LogP contribution in [0.5, 0.6) is 0 Å². The van der Waals surface area contributed by atoms with Gasteiger partial charge in [-0.05, 0) is 0 Å². The van der Waals surface area contributed by atoms with Gasteiger partial charge in [-0.1, -0.05) is 0 Å². The Morgan fingerprint density at radius 1 is 1.44 bits per heavy atom. The number of hydrogen-bond acceptors (Lipinski definition) is 0. The van der Waals surface area contributed by atoms with Crippen molar-refractivity contribution in [2.45, 2.75) is 5.82 Å². The summed E-state index contributed by atoms with van der Waals surface area (Å²) in [5.74, 6) is 2.18. The molecule has 0 unspecified atom stereocenters. The summed E-state index contributed by atoms with van der Waals surface area (Å²) >= 11 is 6.31. The predicted octanol–water partition coefficient (Wildman–Crippen LogP) is 1.72. The van der Waals surface area contributed by atoms with Crippen molar-refractivity contribution in [2.75, 3.05) is 0 Å². The molecule has 1 rings (SSSR count). The van der Waals surface area contributed by atoms with Gasteiger partial charge in [-0.2, -0.15) is 0 Å². The molecule has 0 aromatic heterocycles. The fourth-order valence-electron chi connectivity index (χ4n) is 0.594. The number of benzene rings is 1. The molecule has 1 aromatic rings. The molecule has 0 N–H and O–H groups in total. The van der Waals surface area contributed by atoms with E-state index in [1.807, 2.05) is 18.2 Å². The van der Waals surface area contributed by atoms with Crippen LogP contribution >= 0.6 is 11.6 Å². The Bertz CT molecular complexity index is 198. The van der Waals surface area contributed by atoms with Gasteiger partial charge < -0.3 is 0 Å². The van der Waals surface area contributed by atoms with E-state index < -0.39 is 0 Å². The van der Waals surface area contributed by atoms with E-state index in [1.54, 1.807) is 0 Å². The van der Waals surface area contributed by atoms with Crippen LogP contribution in [0.1, 0.15) is 0 Å². The molecule has 0 heterocycles. The van der Waals surface area contributed by atoms with Crippen LogP contribution in [-0.4, -0.2) is 15.0 Å². The zero-order chi connectivity index (χ0) is 6.69. The van der Waals surface area contributed by atoms with Crippen molar-refractivity contribution in [3.8, 4) is 0 Å². The van der Waals surface area contributed by atoms with E-state index in [4.69, 9.17) is 11.6 Å². The maximum atomic E-state index is 5.73. The van der Waals surface area contributed by atoms with Gasteiger partial charge in [0.1, 0.15) is 0 Å². The van der Waals surface area contributed by atoms with Crippen LogP contribution in [0.15, 0.2) is 24.3 Å². The zero-order valence-corrected chi connectivity index (χ0v) is 7.56. The third-order valence-corrected chi connectivity index (χ3v) is 2.79. The first-order chi connectivity index (χ1) is 4.33. The van der Waals surface area contributed by atoms with E-state index in [0.717, 1.165) is 5.02 Å². The quantitative estimate of drug-likeness (QED) is 0.613. The first kappa shape index (κ1) is 7.14. The molecule has 2 heteroatoms. The fraction of sp³-hybridized carbons (Fsp3) is 0.143. The zero-order valence-electron chi connectivity index (χ0n) is 5.10. The van der Waals surface area contributed by atoms with Crippen molar-refractivity contribution in [3.63, 3.8) is 0 Å². The van der Waals surface area contributed by atoms with Crippen molar-refractivity contribution < 1.29 is 0 Å². The summed E-state index contributed by atoms with van der Waals surface area (Å²) in [5.41, 5.74) is 0. The summed E-state index contributed by atoms with van der Waals surface area (Å²) in [5, 5.41) is 0.844. The van der Waals surface area contributed by atoms with Crippen LogP contribution in [0.2, 0.25) is 10.8 Å². The molecular formula is C7H7ClSe. The normalized spacial score (nSPS) is 9.56. The summed E-state index contributed by atoms with van der Waals surface area (Å²) in [6.45, 7) is 0. The molecule has 0 aliphatic heterocycles. The van der Waals surface area contributed by atoms with Gasteiger partial charge in [0.2, 0.25) is 0 Å². The van der Waals surface area contributed by atoms with Crippen molar-refractivity contribution in [2.24, 2.45) is 0 Å². The fourth-order valence-corrected chi connectivity index (χ4v) is 1.89. The van der Waals surface area contributed by atoms with Gasteiger partial charge in [0.15, 0.2) is 0 Å². The molecule has 9 heavy (non-hydrogen) atoms. The second-order valence-corrected chi connectivity index (χ2v) is 3.94. The summed E-state index contributed by atoms with van der Waals surface area (Å²) in [7, 11) is 0. The van der Waals surface area contributed by atoms with Gasteiger partial charge in [-0.15, -0.1) is 0 Å². The third-order valence-electron chi connectivity index (χ3n) is 1.03. The van der Waals surface area contributed by atoms with E-state index in [0.29, 0.717) is 15.0 Å². The van der Waals surface area contributed by atoms with Crippen LogP contribution in [-0.2, 0) is 0 Å². The molecule has 0 radical (unpaired) electrons. The van der Waals surface area contributed by atoms with Gasteiger partial charge in [-0.3, -0.25) is 0 Å². The second kappa shape index (κ2) is 3.26. The van der Waals surface area contributed by atoms with Crippen molar-refractivity contribution >= 4 is 31.0 Å². The van der Waals surface area contributed by atoms with Crippen LogP contribution in [0.25, 0.3) is 0 Å². The Kier molecular flexibility index (Phi) is 2.59. The Balaban J connectivity index is 2.94. The van der Waals surface area contributed by atoms with E-state index in [2.05, 4.69) is 11.9 Å². The first-order valence-electron chi connectivity index (χ1n) is 2.62. The van der Waals surface area contributed by atoms with Crippen LogP contribution in [0.3, 0.4) is 0 Å². The molecule has 0 nitrogen and oxygen atoms in total. The molecule has 0 saturated heterocycles. The standard InChI is InChI=1S/C7H7ClSe/c1-9-7-4-2-3-6(8)5-7/h2-5H,1H3. The van der Waals surface area contributed by atoms with Crippen molar-refractivity contribution in [1.29, 1.82) is 0 Å². The molecule has 0 aliphatic carbocycles.